The van der Waals surface area contributed by atoms with Crippen molar-refractivity contribution in [3.8, 4) is 0 Å². The fourth-order valence-electron chi connectivity index (χ4n) is 2.61. The minimum Gasteiger partial charge on any atom is -0.0843 e. The van der Waals surface area contributed by atoms with Crippen LogP contribution in [0, 0.1) is 11.8 Å². The van der Waals surface area contributed by atoms with E-state index in [-0.39, 0.29) is 0 Å². The zero-order chi connectivity index (χ0) is 9.10. The van der Waals surface area contributed by atoms with Crippen molar-refractivity contribution in [1.82, 2.24) is 0 Å². The molecule has 0 aromatic carbocycles. The van der Waals surface area contributed by atoms with Crippen LogP contribution in [0.3, 0.4) is 0 Å². The molecule has 0 radical (unpaired) electrons. The molecule has 1 saturated carbocycles. The summed E-state index contributed by atoms with van der Waals surface area (Å²) >= 11 is 0. The first kappa shape index (κ1) is 9.05. The van der Waals surface area contributed by atoms with E-state index < -0.39 is 0 Å². The Balaban J connectivity index is 1.82. The number of allylic oxidation sites excluding steroid dienone is 4. The van der Waals surface area contributed by atoms with Gasteiger partial charge in [0.25, 0.3) is 0 Å². The second-order valence-electron chi connectivity index (χ2n) is 4.48. The fraction of sp³-hybridized carbons (Fsp3) is 0.692. The predicted molar refractivity (Wildman–Crippen MR) is 57.6 cm³/mol. The van der Waals surface area contributed by atoms with Crippen LogP contribution in [0.15, 0.2) is 23.8 Å². The lowest BCUT2D eigenvalue weighted by Crippen LogP contribution is -1.93. The van der Waals surface area contributed by atoms with Gasteiger partial charge in [-0.3, -0.25) is 0 Å². The molecule has 0 aromatic rings. The quantitative estimate of drug-likeness (QED) is 0.566. The van der Waals surface area contributed by atoms with Crippen LogP contribution in [0.1, 0.15) is 45.4 Å². The summed E-state index contributed by atoms with van der Waals surface area (Å²) in [4.78, 5) is 0. The molecule has 13 heavy (non-hydrogen) atoms. The van der Waals surface area contributed by atoms with Gasteiger partial charge in [0.15, 0.2) is 0 Å². The van der Waals surface area contributed by atoms with Crippen molar-refractivity contribution in [1.29, 1.82) is 0 Å². The Bertz CT molecular complexity index is 222. The highest BCUT2D eigenvalue weighted by Crippen LogP contribution is 2.44. The van der Waals surface area contributed by atoms with E-state index in [2.05, 4.69) is 25.2 Å². The standard InChI is InChI=1S/C13H20/c1-2-3-4-5-6-12-9-11-7-8-13(12)10-11/h5-6,9,11,13H,2-4,7-8,10H2,1H3. The summed E-state index contributed by atoms with van der Waals surface area (Å²) in [5.74, 6) is 1.87. The van der Waals surface area contributed by atoms with E-state index in [1.54, 1.807) is 5.57 Å². The van der Waals surface area contributed by atoms with Gasteiger partial charge in [-0.2, -0.15) is 0 Å². The van der Waals surface area contributed by atoms with Crippen molar-refractivity contribution in [2.24, 2.45) is 11.8 Å². The molecule has 0 aromatic heterocycles. The average Bonchev–Trinajstić information content (AvgIpc) is 2.73. The lowest BCUT2D eigenvalue weighted by molar-refractivity contribution is 0.670. The average molecular weight is 176 g/mol. The maximum Gasteiger partial charge on any atom is -0.0159 e. The Hall–Kier alpha value is -0.520. The molecule has 0 aliphatic heterocycles. The van der Waals surface area contributed by atoms with Crippen LogP contribution in [-0.4, -0.2) is 0 Å². The lowest BCUT2D eigenvalue weighted by atomic mass is 9.98. The highest BCUT2D eigenvalue weighted by Gasteiger charge is 2.30. The van der Waals surface area contributed by atoms with Crippen molar-refractivity contribution in [2.45, 2.75) is 45.4 Å². The number of unbranched alkanes of at least 4 members (excludes halogenated alkanes) is 2. The third-order valence-electron chi connectivity index (χ3n) is 3.41. The minimum absolute atomic E-state index is 0.933. The summed E-state index contributed by atoms with van der Waals surface area (Å²) in [6.07, 6.45) is 15.6. The molecule has 2 atom stereocenters. The van der Waals surface area contributed by atoms with Gasteiger partial charge in [0.1, 0.15) is 0 Å². The van der Waals surface area contributed by atoms with Gasteiger partial charge in [-0.1, -0.05) is 38.0 Å². The fourth-order valence-corrected chi connectivity index (χ4v) is 2.61. The molecule has 2 aliphatic rings. The van der Waals surface area contributed by atoms with Crippen molar-refractivity contribution in [3.05, 3.63) is 23.8 Å². The molecule has 0 amide bonds. The van der Waals surface area contributed by atoms with Crippen molar-refractivity contribution in [3.63, 3.8) is 0 Å². The molecule has 0 heterocycles. The van der Waals surface area contributed by atoms with E-state index in [0.717, 1.165) is 11.8 Å². The van der Waals surface area contributed by atoms with E-state index in [4.69, 9.17) is 0 Å². The maximum atomic E-state index is 2.51. The van der Waals surface area contributed by atoms with Gasteiger partial charge >= 0.3 is 0 Å². The summed E-state index contributed by atoms with van der Waals surface area (Å²) in [6.45, 7) is 2.25. The molecule has 1 fully saturated rings. The van der Waals surface area contributed by atoms with Gasteiger partial charge < -0.3 is 0 Å². The second kappa shape index (κ2) is 4.13. The normalized spacial score (nSPS) is 31.6. The monoisotopic (exact) mass is 176 g/mol. The maximum absolute atomic E-state index is 2.51. The predicted octanol–water partition coefficient (Wildman–Crippen LogP) is 4.09. The molecular formula is C13H20. The van der Waals surface area contributed by atoms with Crippen LogP contribution in [-0.2, 0) is 0 Å². The van der Waals surface area contributed by atoms with Gasteiger partial charge in [-0.05, 0) is 43.1 Å². The van der Waals surface area contributed by atoms with E-state index in [1.807, 2.05) is 0 Å². The Kier molecular flexibility index (Phi) is 2.87. The van der Waals surface area contributed by atoms with Gasteiger partial charge in [0.2, 0.25) is 0 Å². The highest BCUT2D eigenvalue weighted by atomic mass is 14.4. The van der Waals surface area contributed by atoms with Gasteiger partial charge in [0, 0.05) is 0 Å². The Labute approximate surface area is 81.7 Å². The third-order valence-corrected chi connectivity index (χ3v) is 3.41. The molecular weight excluding hydrogens is 156 g/mol. The second-order valence-corrected chi connectivity index (χ2v) is 4.48. The highest BCUT2D eigenvalue weighted by molar-refractivity contribution is 5.29. The van der Waals surface area contributed by atoms with Gasteiger partial charge in [-0.25, -0.2) is 0 Å². The molecule has 0 saturated heterocycles. The Morgan fingerprint density at radius 1 is 1.46 bits per heavy atom. The molecule has 0 nitrogen and oxygen atoms in total. The Morgan fingerprint density at radius 2 is 2.38 bits per heavy atom. The topological polar surface area (TPSA) is 0 Å². The van der Waals surface area contributed by atoms with E-state index in [1.165, 1.54) is 38.5 Å². The molecule has 2 bridgehead atoms. The smallest absolute Gasteiger partial charge is 0.0159 e. The molecule has 0 N–H and O–H groups in total. The van der Waals surface area contributed by atoms with E-state index in [9.17, 15) is 0 Å². The van der Waals surface area contributed by atoms with Crippen molar-refractivity contribution < 1.29 is 0 Å². The summed E-state index contributed by atoms with van der Waals surface area (Å²) < 4.78 is 0. The van der Waals surface area contributed by atoms with Gasteiger partial charge in [-0.15, -0.1) is 0 Å². The summed E-state index contributed by atoms with van der Waals surface area (Å²) in [5, 5.41) is 0. The summed E-state index contributed by atoms with van der Waals surface area (Å²) in [6, 6.07) is 0. The largest absolute Gasteiger partial charge is 0.0843 e. The number of hydrogen-bond acceptors (Lipinski definition) is 0. The van der Waals surface area contributed by atoms with Crippen LogP contribution >= 0.6 is 0 Å². The molecule has 0 heteroatoms. The molecule has 0 spiro atoms. The SMILES string of the molecule is CCCCC=CC1=CC2CCC1C2. The van der Waals surface area contributed by atoms with Crippen LogP contribution in [0.4, 0.5) is 0 Å². The first-order chi connectivity index (χ1) is 6.40. The number of rotatable bonds is 4. The summed E-state index contributed by atoms with van der Waals surface area (Å²) in [7, 11) is 0. The van der Waals surface area contributed by atoms with Gasteiger partial charge in [0.05, 0.1) is 0 Å². The third kappa shape index (κ3) is 2.04. The first-order valence-corrected chi connectivity index (χ1v) is 5.78. The molecule has 2 aliphatic carbocycles. The lowest BCUT2D eigenvalue weighted by Gasteiger charge is -2.08. The van der Waals surface area contributed by atoms with E-state index >= 15 is 0 Å². The van der Waals surface area contributed by atoms with Crippen LogP contribution < -0.4 is 0 Å². The van der Waals surface area contributed by atoms with Crippen LogP contribution in [0.2, 0.25) is 0 Å². The first-order valence-electron chi connectivity index (χ1n) is 5.78. The van der Waals surface area contributed by atoms with Crippen LogP contribution in [0.5, 0.6) is 0 Å². The van der Waals surface area contributed by atoms with Crippen molar-refractivity contribution in [2.75, 3.05) is 0 Å². The summed E-state index contributed by atoms with van der Waals surface area (Å²) in [5.41, 5.74) is 1.65. The van der Waals surface area contributed by atoms with E-state index in [0.29, 0.717) is 0 Å². The zero-order valence-electron chi connectivity index (χ0n) is 8.63. The Morgan fingerprint density at radius 3 is 3.00 bits per heavy atom. The molecule has 2 unspecified atom stereocenters. The number of fused-ring (bicyclic) bond motifs is 2. The van der Waals surface area contributed by atoms with Crippen LogP contribution in [0.25, 0.3) is 0 Å². The molecule has 72 valence electrons. The molecule has 2 rings (SSSR count). The zero-order valence-corrected chi connectivity index (χ0v) is 8.63. The van der Waals surface area contributed by atoms with Crippen molar-refractivity contribution >= 4 is 0 Å². The minimum atomic E-state index is 0.933. The number of hydrogen-bond donors (Lipinski definition) is 0.